The van der Waals surface area contributed by atoms with Crippen LogP contribution >= 0.6 is 23.1 Å². The predicted octanol–water partition coefficient (Wildman–Crippen LogP) is 1.77. The highest BCUT2D eigenvalue weighted by Crippen LogP contribution is 2.30. The lowest BCUT2D eigenvalue weighted by atomic mass is 9.99. The molecule has 1 unspecified atom stereocenters. The van der Waals surface area contributed by atoms with E-state index in [2.05, 4.69) is 15.5 Å². The Hall–Kier alpha value is -0.860. The van der Waals surface area contributed by atoms with Gasteiger partial charge < -0.3 is 9.64 Å². The molecule has 1 heterocycles. The summed E-state index contributed by atoms with van der Waals surface area (Å²) in [4.78, 5) is 13.9. The largest absolute Gasteiger partial charge is 0.468 e. The zero-order valence-electron chi connectivity index (χ0n) is 12.9. The summed E-state index contributed by atoms with van der Waals surface area (Å²) in [5, 5.41) is 12.5. The molecule has 0 bridgehead atoms. The minimum Gasteiger partial charge on any atom is -0.468 e. The van der Waals surface area contributed by atoms with Crippen LogP contribution in [-0.2, 0) is 9.53 Å². The summed E-state index contributed by atoms with van der Waals surface area (Å²) < 4.78 is 5.87. The maximum absolute atomic E-state index is 12.0. The van der Waals surface area contributed by atoms with Crippen LogP contribution in [0.5, 0.6) is 0 Å². The number of methoxy groups -OCH3 is 1. The lowest BCUT2D eigenvalue weighted by Crippen LogP contribution is -2.51. The second-order valence-electron chi connectivity index (χ2n) is 5.59. The van der Waals surface area contributed by atoms with Gasteiger partial charge in [0.25, 0.3) is 0 Å². The van der Waals surface area contributed by atoms with Crippen molar-refractivity contribution >= 4 is 34.2 Å². The number of carbonyl (C=O) groups excluding carboxylic acids is 1. The highest BCUT2D eigenvalue weighted by Gasteiger charge is 2.39. The van der Waals surface area contributed by atoms with Crippen molar-refractivity contribution in [1.29, 1.82) is 0 Å². The third-order valence-corrected chi connectivity index (χ3v) is 5.57. The summed E-state index contributed by atoms with van der Waals surface area (Å²) >= 11 is 3.19. The van der Waals surface area contributed by atoms with Crippen molar-refractivity contribution in [1.82, 2.24) is 15.5 Å². The van der Waals surface area contributed by atoms with Gasteiger partial charge in [0.15, 0.2) is 4.34 Å². The van der Waals surface area contributed by atoms with E-state index in [4.69, 9.17) is 4.74 Å². The van der Waals surface area contributed by atoms with Gasteiger partial charge in [-0.15, -0.1) is 10.2 Å². The van der Waals surface area contributed by atoms with Gasteiger partial charge in [0.05, 0.1) is 7.11 Å². The molecule has 1 aromatic rings. The molecular weight excluding hydrogens is 308 g/mol. The fraction of sp³-hybridized carbons (Fsp3) is 0.769. The van der Waals surface area contributed by atoms with Crippen molar-refractivity contribution in [3.8, 4) is 0 Å². The summed E-state index contributed by atoms with van der Waals surface area (Å²) in [6.45, 7) is 1.92. The third kappa shape index (κ3) is 4.55. The average molecular weight is 330 g/mol. The molecule has 1 N–H and O–H groups in total. The van der Waals surface area contributed by atoms with Gasteiger partial charge in [-0.2, -0.15) is 0 Å². The highest BCUT2D eigenvalue weighted by molar-refractivity contribution is 8.01. The fourth-order valence-corrected chi connectivity index (χ4v) is 3.92. The van der Waals surface area contributed by atoms with Gasteiger partial charge in [0.2, 0.25) is 5.13 Å². The second-order valence-corrected chi connectivity index (χ2v) is 7.88. The van der Waals surface area contributed by atoms with Gasteiger partial charge in [0.1, 0.15) is 5.54 Å². The van der Waals surface area contributed by atoms with E-state index in [1.165, 1.54) is 7.11 Å². The van der Waals surface area contributed by atoms with Crippen molar-refractivity contribution in [2.45, 2.75) is 42.1 Å². The second kappa shape index (κ2) is 6.93. The Balaban J connectivity index is 1.87. The van der Waals surface area contributed by atoms with E-state index < -0.39 is 5.54 Å². The fourth-order valence-electron chi connectivity index (χ4n) is 1.92. The molecule has 1 atom stereocenters. The number of hydrogen-bond donors (Lipinski definition) is 1. The average Bonchev–Trinajstić information content (AvgIpc) is 3.11. The normalized spacial score (nSPS) is 17.3. The van der Waals surface area contributed by atoms with Gasteiger partial charge >= 0.3 is 5.97 Å². The quantitative estimate of drug-likeness (QED) is 0.575. The molecule has 1 aliphatic carbocycles. The number of esters is 1. The predicted molar refractivity (Wildman–Crippen MR) is 86.2 cm³/mol. The van der Waals surface area contributed by atoms with Crippen LogP contribution < -0.4 is 10.2 Å². The molecule has 1 saturated carbocycles. The van der Waals surface area contributed by atoms with Crippen LogP contribution in [0.1, 0.15) is 26.2 Å². The van der Waals surface area contributed by atoms with Gasteiger partial charge in [-0.1, -0.05) is 23.1 Å². The van der Waals surface area contributed by atoms with Crippen molar-refractivity contribution in [2.24, 2.45) is 0 Å². The Morgan fingerprint density at radius 1 is 1.52 bits per heavy atom. The molecule has 0 aromatic carbocycles. The number of aromatic nitrogens is 2. The van der Waals surface area contributed by atoms with Crippen LogP contribution in [0.2, 0.25) is 0 Å². The number of nitrogens with zero attached hydrogens (tertiary/aromatic N) is 3. The molecule has 21 heavy (non-hydrogen) atoms. The van der Waals surface area contributed by atoms with E-state index in [1.54, 1.807) is 23.1 Å². The molecule has 6 nitrogen and oxygen atoms in total. The Bertz CT molecular complexity index is 490. The van der Waals surface area contributed by atoms with Crippen molar-refractivity contribution in [3.63, 3.8) is 0 Å². The number of rotatable bonds is 8. The van der Waals surface area contributed by atoms with Gasteiger partial charge in [-0.25, -0.2) is 0 Å². The van der Waals surface area contributed by atoms with Crippen LogP contribution in [0.15, 0.2) is 4.34 Å². The minimum absolute atomic E-state index is 0.193. The smallest absolute Gasteiger partial charge is 0.325 e. The first-order chi connectivity index (χ1) is 9.94. The maximum Gasteiger partial charge on any atom is 0.325 e. The minimum atomic E-state index is -0.613. The number of thioether (sulfide) groups is 1. The van der Waals surface area contributed by atoms with Gasteiger partial charge in [-0.3, -0.25) is 10.1 Å². The van der Waals surface area contributed by atoms with Crippen LogP contribution in [0.25, 0.3) is 0 Å². The molecule has 0 radical (unpaired) electrons. The molecule has 0 amide bonds. The van der Waals surface area contributed by atoms with Crippen LogP contribution in [0, 0.1) is 0 Å². The van der Waals surface area contributed by atoms with E-state index in [-0.39, 0.29) is 5.97 Å². The molecule has 1 aliphatic rings. The maximum atomic E-state index is 12.0. The van der Waals surface area contributed by atoms with Crippen LogP contribution in [0.3, 0.4) is 0 Å². The third-order valence-electron chi connectivity index (χ3n) is 3.34. The standard InChI is InChI=1S/C13H22N4O2S2/c1-13(10(18)19-4,14-9-5-6-9)7-8-20-12-16-15-11(21-12)17(2)3/h9,14H,5-8H2,1-4H3. The van der Waals surface area contributed by atoms with Crippen LogP contribution in [-0.4, -0.2) is 54.7 Å². The molecule has 118 valence electrons. The number of hydrogen-bond acceptors (Lipinski definition) is 8. The monoisotopic (exact) mass is 330 g/mol. The van der Waals surface area contributed by atoms with E-state index in [0.29, 0.717) is 12.5 Å². The molecule has 0 spiro atoms. The van der Waals surface area contributed by atoms with Gasteiger partial charge in [-0.05, 0) is 26.2 Å². The summed E-state index contributed by atoms with van der Waals surface area (Å²) in [5.74, 6) is 0.606. The summed E-state index contributed by atoms with van der Waals surface area (Å²) in [6, 6.07) is 0.459. The molecule has 8 heteroatoms. The Kier molecular flexibility index (Phi) is 5.45. The van der Waals surface area contributed by atoms with E-state index >= 15 is 0 Å². The van der Waals surface area contributed by atoms with Crippen molar-refractivity contribution in [3.05, 3.63) is 0 Å². The zero-order valence-corrected chi connectivity index (χ0v) is 14.5. The number of anilines is 1. The molecular formula is C13H22N4O2S2. The van der Waals surface area contributed by atoms with E-state index in [1.807, 2.05) is 25.9 Å². The number of carbonyl (C=O) groups is 1. The number of nitrogens with one attached hydrogen (secondary N) is 1. The Morgan fingerprint density at radius 3 is 2.76 bits per heavy atom. The first-order valence-corrected chi connectivity index (χ1v) is 8.74. The first-order valence-electron chi connectivity index (χ1n) is 6.94. The molecule has 1 fully saturated rings. The Labute approximate surface area is 133 Å². The van der Waals surface area contributed by atoms with E-state index in [0.717, 1.165) is 28.1 Å². The van der Waals surface area contributed by atoms with Crippen molar-refractivity contribution in [2.75, 3.05) is 31.9 Å². The summed E-state index contributed by atoms with van der Waals surface area (Å²) in [6.07, 6.45) is 2.99. The van der Waals surface area contributed by atoms with Crippen molar-refractivity contribution < 1.29 is 9.53 Å². The molecule has 0 aliphatic heterocycles. The topological polar surface area (TPSA) is 67.3 Å². The van der Waals surface area contributed by atoms with Gasteiger partial charge in [0, 0.05) is 25.9 Å². The molecule has 1 aromatic heterocycles. The molecule has 2 rings (SSSR count). The highest BCUT2D eigenvalue weighted by atomic mass is 32.2. The molecule has 0 saturated heterocycles. The Morgan fingerprint density at radius 2 is 2.24 bits per heavy atom. The first kappa shape index (κ1) is 16.5. The summed E-state index contributed by atoms with van der Waals surface area (Å²) in [7, 11) is 5.34. The number of ether oxygens (including phenoxy) is 1. The summed E-state index contributed by atoms with van der Waals surface area (Å²) in [5.41, 5.74) is -0.613. The SMILES string of the molecule is COC(=O)C(C)(CCSc1nnc(N(C)C)s1)NC1CC1. The lowest BCUT2D eigenvalue weighted by Gasteiger charge is -2.27. The van der Waals surface area contributed by atoms with E-state index in [9.17, 15) is 4.79 Å². The van der Waals surface area contributed by atoms with Crippen LogP contribution in [0.4, 0.5) is 5.13 Å². The lowest BCUT2D eigenvalue weighted by molar-refractivity contribution is -0.148. The zero-order chi connectivity index (χ0) is 15.5.